The van der Waals surface area contributed by atoms with E-state index in [2.05, 4.69) is 41.4 Å². The van der Waals surface area contributed by atoms with Gasteiger partial charge < -0.3 is 14.6 Å². The van der Waals surface area contributed by atoms with Crippen molar-refractivity contribution < 1.29 is 9.26 Å². The number of halogens is 1. The van der Waals surface area contributed by atoms with Crippen molar-refractivity contribution in [2.24, 2.45) is 0 Å². The summed E-state index contributed by atoms with van der Waals surface area (Å²) in [5, 5.41) is 8.09. The maximum absolute atomic E-state index is 5.69. The summed E-state index contributed by atoms with van der Waals surface area (Å²) in [5.74, 6) is 3.01. The first-order chi connectivity index (χ1) is 14.2. The molecule has 0 unspecified atom stereocenters. The van der Waals surface area contributed by atoms with Crippen LogP contribution in [0.15, 0.2) is 28.8 Å². The van der Waals surface area contributed by atoms with E-state index in [0.717, 1.165) is 50.5 Å². The summed E-state index contributed by atoms with van der Waals surface area (Å²) < 4.78 is 11.3. The highest BCUT2D eigenvalue weighted by Crippen LogP contribution is 2.37. The summed E-state index contributed by atoms with van der Waals surface area (Å²) in [6, 6.07) is 8.24. The van der Waals surface area contributed by atoms with E-state index in [-0.39, 0.29) is 5.54 Å². The maximum Gasteiger partial charge on any atom is 0.240 e. The van der Waals surface area contributed by atoms with Crippen LogP contribution >= 0.6 is 11.6 Å². The van der Waals surface area contributed by atoms with E-state index < -0.39 is 0 Å². The van der Waals surface area contributed by atoms with Crippen LogP contribution in [-0.4, -0.2) is 40.6 Å². The smallest absolute Gasteiger partial charge is 0.240 e. The van der Waals surface area contributed by atoms with Gasteiger partial charge in [0.1, 0.15) is 5.75 Å². The summed E-state index contributed by atoms with van der Waals surface area (Å²) in [6.07, 6.45) is 5.29. The zero-order valence-corrected chi connectivity index (χ0v) is 18.4. The lowest BCUT2D eigenvalue weighted by Crippen LogP contribution is -2.40. The fraction of sp³-hybridized carbons (Fsp3) is 0.636. The van der Waals surface area contributed by atoms with Gasteiger partial charge in [-0.3, -0.25) is 4.90 Å². The molecule has 1 aliphatic carbocycles. The van der Waals surface area contributed by atoms with Gasteiger partial charge in [0.25, 0.3) is 0 Å². The molecule has 0 saturated heterocycles. The summed E-state index contributed by atoms with van der Waals surface area (Å²) in [4.78, 5) is 7.04. The molecule has 0 bridgehead atoms. The average Bonchev–Trinajstić information content (AvgIpc) is 3.42. The van der Waals surface area contributed by atoms with E-state index in [0.29, 0.717) is 24.9 Å². The summed E-state index contributed by atoms with van der Waals surface area (Å²) in [6.45, 7) is 8.37. The fourth-order valence-electron chi connectivity index (χ4n) is 3.83. The van der Waals surface area contributed by atoms with Gasteiger partial charge in [-0.05, 0) is 50.0 Å². The number of hydrogen-bond acceptors (Lipinski definition) is 6. The van der Waals surface area contributed by atoms with Crippen molar-refractivity contribution in [3.8, 4) is 5.75 Å². The zero-order valence-electron chi connectivity index (χ0n) is 17.6. The van der Waals surface area contributed by atoms with Crippen LogP contribution in [0, 0.1) is 0 Å². The van der Waals surface area contributed by atoms with Gasteiger partial charge >= 0.3 is 0 Å². The SMILES string of the molecule is CCN(CC)Cc1nc(C2(NCc3ccc(OCCCCl)cc3)CCCC2)no1. The molecule has 1 saturated carbocycles. The second-order valence-electron chi connectivity index (χ2n) is 7.65. The van der Waals surface area contributed by atoms with Crippen molar-refractivity contribution >= 4 is 11.6 Å². The number of nitrogens with one attached hydrogen (secondary N) is 1. The first-order valence-corrected chi connectivity index (χ1v) is 11.3. The van der Waals surface area contributed by atoms with Gasteiger partial charge in [-0.2, -0.15) is 4.98 Å². The molecular weight excluding hydrogens is 388 g/mol. The predicted octanol–water partition coefficient (Wildman–Crippen LogP) is 4.48. The van der Waals surface area contributed by atoms with Crippen molar-refractivity contribution in [2.45, 2.75) is 64.6 Å². The monoisotopic (exact) mass is 420 g/mol. The number of nitrogens with zero attached hydrogens (tertiary/aromatic N) is 3. The molecule has 1 heterocycles. The van der Waals surface area contributed by atoms with E-state index in [1.54, 1.807) is 0 Å². The Morgan fingerprint density at radius 2 is 1.90 bits per heavy atom. The fourth-order valence-corrected chi connectivity index (χ4v) is 3.94. The molecule has 160 valence electrons. The highest BCUT2D eigenvalue weighted by atomic mass is 35.5. The molecule has 1 fully saturated rings. The Morgan fingerprint density at radius 3 is 2.55 bits per heavy atom. The maximum atomic E-state index is 5.69. The minimum atomic E-state index is -0.194. The van der Waals surface area contributed by atoms with Gasteiger partial charge in [0.15, 0.2) is 5.82 Å². The van der Waals surface area contributed by atoms with Gasteiger partial charge in [0.2, 0.25) is 5.89 Å². The van der Waals surface area contributed by atoms with E-state index in [4.69, 9.17) is 25.8 Å². The van der Waals surface area contributed by atoms with Crippen LogP contribution in [-0.2, 0) is 18.6 Å². The van der Waals surface area contributed by atoms with Crippen LogP contribution in [0.25, 0.3) is 0 Å². The molecule has 1 aromatic carbocycles. The lowest BCUT2D eigenvalue weighted by Gasteiger charge is -2.27. The summed E-state index contributed by atoms with van der Waals surface area (Å²) in [7, 11) is 0. The van der Waals surface area contributed by atoms with Crippen molar-refractivity contribution in [2.75, 3.05) is 25.6 Å². The van der Waals surface area contributed by atoms with Crippen molar-refractivity contribution in [3.05, 3.63) is 41.5 Å². The van der Waals surface area contributed by atoms with Gasteiger partial charge in [-0.15, -0.1) is 11.6 Å². The van der Waals surface area contributed by atoms with Crippen LogP contribution in [0.3, 0.4) is 0 Å². The molecule has 1 aliphatic rings. The molecule has 0 atom stereocenters. The van der Waals surface area contributed by atoms with E-state index in [1.807, 2.05) is 12.1 Å². The normalized spacial score (nSPS) is 15.9. The molecule has 6 nitrogen and oxygen atoms in total. The van der Waals surface area contributed by atoms with Crippen LogP contribution < -0.4 is 10.1 Å². The summed E-state index contributed by atoms with van der Waals surface area (Å²) >= 11 is 5.69. The number of rotatable bonds is 12. The van der Waals surface area contributed by atoms with Crippen LogP contribution in [0.5, 0.6) is 5.75 Å². The van der Waals surface area contributed by atoms with Gasteiger partial charge in [0.05, 0.1) is 18.7 Å². The van der Waals surface area contributed by atoms with Crippen LogP contribution in [0.1, 0.15) is 63.2 Å². The third-order valence-corrected chi connectivity index (χ3v) is 5.97. The molecule has 0 radical (unpaired) electrons. The van der Waals surface area contributed by atoms with Crippen molar-refractivity contribution in [1.82, 2.24) is 20.4 Å². The number of ether oxygens (including phenoxy) is 1. The lowest BCUT2D eigenvalue weighted by atomic mass is 9.96. The molecule has 1 aromatic heterocycles. The van der Waals surface area contributed by atoms with Gasteiger partial charge in [0, 0.05) is 12.4 Å². The highest BCUT2D eigenvalue weighted by molar-refractivity contribution is 6.17. The highest BCUT2D eigenvalue weighted by Gasteiger charge is 2.39. The Bertz CT molecular complexity index is 725. The zero-order chi connectivity index (χ0) is 20.5. The summed E-state index contributed by atoms with van der Waals surface area (Å²) in [5.41, 5.74) is 1.02. The molecule has 1 N–H and O–H groups in total. The molecular formula is C22H33ClN4O2. The Kier molecular flexibility index (Phi) is 8.33. The average molecular weight is 421 g/mol. The van der Waals surface area contributed by atoms with Gasteiger partial charge in [-0.25, -0.2) is 0 Å². The quantitative estimate of drug-likeness (QED) is 0.403. The number of alkyl halides is 1. The number of benzene rings is 1. The Morgan fingerprint density at radius 1 is 1.17 bits per heavy atom. The second kappa shape index (κ2) is 11.0. The molecule has 7 heteroatoms. The Balaban J connectivity index is 1.62. The molecule has 2 aromatic rings. The molecule has 3 rings (SSSR count). The molecule has 29 heavy (non-hydrogen) atoms. The number of aromatic nitrogens is 2. The third-order valence-electron chi connectivity index (χ3n) is 5.71. The standard InChI is InChI=1S/C22H33ClN4O2/c1-3-27(4-2)17-20-25-21(26-29-20)22(12-5-6-13-22)24-16-18-8-10-19(11-9-18)28-15-7-14-23/h8-11,24H,3-7,12-17H2,1-2H3. The third kappa shape index (κ3) is 5.93. The van der Waals surface area contributed by atoms with E-state index in [9.17, 15) is 0 Å². The largest absolute Gasteiger partial charge is 0.494 e. The lowest BCUT2D eigenvalue weighted by molar-refractivity contribution is 0.243. The minimum absolute atomic E-state index is 0.194. The van der Waals surface area contributed by atoms with Crippen molar-refractivity contribution in [3.63, 3.8) is 0 Å². The van der Waals surface area contributed by atoms with E-state index in [1.165, 1.54) is 18.4 Å². The Labute approximate surface area is 179 Å². The first-order valence-electron chi connectivity index (χ1n) is 10.8. The van der Waals surface area contributed by atoms with Crippen molar-refractivity contribution in [1.29, 1.82) is 0 Å². The molecule has 0 amide bonds. The topological polar surface area (TPSA) is 63.4 Å². The second-order valence-corrected chi connectivity index (χ2v) is 8.03. The van der Waals surface area contributed by atoms with Gasteiger partial charge in [-0.1, -0.05) is 44.0 Å². The van der Waals surface area contributed by atoms with E-state index >= 15 is 0 Å². The van der Waals surface area contributed by atoms with Crippen LogP contribution in [0.4, 0.5) is 0 Å². The first kappa shape index (κ1) is 22.1. The number of hydrogen-bond donors (Lipinski definition) is 1. The molecule has 0 spiro atoms. The molecule has 0 aliphatic heterocycles. The predicted molar refractivity (Wildman–Crippen MR) is 115 cm³/mol. The Hall–Kier alpha value is -1.63. The minimum Gasteiger partial charge on any atom is -0.494 e. The van der Waals surface area contributed by atoms with Crippen LogP contribution in [0.2, 0.25) is 0 Å².